The van der Waals surface area contributed by atoms with Gasteiger partial charge in [0.05, 0.1) is 33.9 Å². The molecule has 0 aliphatic carbocycles. The lowest BCUT2D eigenvalue weighted by atomic mass is 10.1. The summed E-state index contributed by atoms with van der Waals surface area (Å²) in [5.41, 5.74) is 2.37. The van der Waals surface area contributed by atoms with Gasteiger partial charge in [-0.1, -0.05) is 23.5 Å². The Morgan fingerprint density at radius 1 is 1.10 bits per heavy atom. The third-order valence-corrected chi connectivity index (χ3v) is 7.43. The molecule has 0 amide bonds. The molecule has 2 aromatic heterocycles. The Morgan fingerprint density at radius 3 is 2.27 bits per heavy atom. The Balaban J connectivity index is 0.000000696. The number of nitrogens with zero attached hydrogens (tertiary/aromatic N) is 5. The highest BCUT2D eigenvalue weighted by Gasteiger charge is 2.26. The largest absolute Gasteiger partial charge is 0.494 e. The van der Waals surface area contributed by atoms with Crippen LogP contribution in [0, 0.1) is 0 Å². The molecule has 4 rings (SSSR count). The van der Waals surface area contributed by atoms with Gasteiger partial charge in [0.15, 0.2) is 5.69 Å². The maximum absolute atomic E-state index is 12.8. The zero-order valence-electron chi connectivity index (χ0n) is 23.6. The van der Waals surface area contributed by atoms with Crippen LogP contribution < -0.4 is 10.1 Å². The van der Waals surface area contributed by atoms with Crippen molar-refractivity contribution in [3.05, 3.63) is 70.5 Å². The molecular formula is C27H33N5O7S2+2. The highest BCUT2D eigenvalue weighted by Crippen LogP contribution is 2.35. The van der Waals surface area contributed by atoms with Crippen LogP contribution in [0.25, 0.3) is 20.8 Å². The second-order valence-corrected chi connectivity index (χ2v) is 12.2. The molecule has 0 aliphatic rings. The second kappa shape index (κ2) is 12.8. The molecule has 0 aliphatic heterocycles. The minimum absolute atomic E-state index is 0.0468. The summed E-state index contributed by atoms with van der Waals surface area (Å²) in [5.74, 6) is -0.0755. The Hall–Kier alpha value is -3.82. The van der Waals surface area contributed by atoms with E-state index in [-0.39, 0.29) is 17.4 Å². The minimum atomic E-state index is -4.16. The van der Waals surface area contributed by atoms with Gasteiger partial charge in [0, 0.05) is 18.7 Å². The summed E-state index contributed by atoms with van der Waals surface area (Å²) in [6.07, 6.45) is 0. The number of ketones is 1. The van der Waals surface area contributed by atoms with Crippen molar-refractivity contribution in [2.24, 2.45) is 17.3 Å². The molecule has 0 saturated heterocycles. The Labute approximate surface area is 242 Å². The molecule has 2 heterocycles. The number of rotatable bonds is 8. The van der Waals surface area contributed by atoms with Gasteiger partial charge in [-0.15, -0.1) is 5.11 Å². The molecule has 0 fully saturated rings. The van der Waals surface area contributed by atoms with E-state index in [4.69, 9.17) is 4.55 Å². The fourth-order valence-corrected chi connectivity index (χ4v) is 5.07. The van der Waals surface area contributed by atoms with Gasteiger partial charge in [0.2, 0.25) is 17.2 Å². The maximum atomic E-state index is 12.8. The van der Waals surface area contributed by atoms with E-state index in [0.29, 0.717) is 34.4 Å². The number of azo groups is 1. The van der Waals surface area contributed by atoms with Crippen LogP contribution in [0.4, 0.5) is 11.4 Å². The third-order valence-electron chi connectivity index (χ3n) is 5.81. The van der Waals surface area contributed by atoms with Gasteiger partial charge in [-0.05, 0) is 43.3 Å². The number of carbonyl (C=O) groups is 1. The normalized spacial score (nSPS) is 12.0. The number of fused-ring (bicyclic) bond motifs is 1. The highest BCUT2D eigenvalue weighted by molar-refractivity contribution is 7.80. The van der Waals surface area contributed by atoms with Crippen LogP contribution in [-0.4, -0.2) is 67.7 Å². The van der Waals surface area contributed by atoms with Crippen LogP contribution in [-0.2, 0) is 28.2 Å². The molecule has 0 unspecified atom stereocenters. The summed E-state index contributed by atoms with van der Waals surface area (Å²) < 4.78 is 34.6. The lowest BCUT2D eigenvalue weighted by Crippen LogP contribution is -2.39. The van der Waals surface area contributed by atoms with Crippen molar-refractivity contribution in [1.29, 1.82) is 0 Å². The van der Waals surface area contributed by atoms with Crippen molar-refractivity contribution in [3.63, 3.8) is 0 Å². The van der Waals surface area contributed by atoms with Crippen molar-refractivity contribution in [3.8, 4) is 16.5 Å². The average Bonchev–Trinajstić information content (AvgIpc) is 3.29. The predicted molar refractivity (Wildman–Crippen MR) is 156 cm³/mol. The summed E-state index contributed by atoms with van der Waals surface area (Å²) >= 11 is 1.54. The molecule has 218 valence electrons. The lowest BCUT2D eigenvalue weighted by molar-refractivity contribution is -0.861. The molecule has 0 radical (unpaired) electrons. The Kier molecular flexibility index (Phi) is 9.89. The van der Waals surface area contributed by atoms with Gasteiger partial charge in [-0.2, -0.15) is 18.1 Å². The monoisotopic (exact) mass is 603 g/mol. The first kappa shape index (κ1) is 31.7. The summed E-state index contributed by atoms with van der Waals surface area (Å²) in [5, 5.41) is 20.0. The van der Waals surface area contributed by atoms with E-state index in [2.05, 4.69) is 19.0 Å². The predicted octanol–water partition coefficient (Wildman–Crippen LogP) is 4.02. The van der Waals surface area contributed by atoms with E-state index in [1.165, 1.54) is 11.6 Å². The number of carbonyl (C=O) groups excluding carboxylic acids is 1. The van der Waals surface area contributed by atoms with Crippen molar-refractivity contribution >= 4 is 49.1 Å². The third kappa shape index (κ3) is 8.11. The van der Waals surface area contributed by atoms with Gasteiger partial charge in [0.1, 0.15) is 23.4 Å². The molecule has 0 bridgehead atoms. The van der Waals surface area contributed by atoms with Crippen molar-refractivity contribution < 1.29 is 36.1 Å². The number of para-hydroxylation sites is 1. The zero-order valence-corrected chi connectivity index (χ0v) is 25.2. The van der Waals surface area contributed by atoms with Crippen LogP contribution in [0.5, 0.6) is 5.88 Å². The Morgan fingerprint density at radius 2 is 1.71 bits per heavy atom. The number of aryl methyl sites for hydroxylation is 1. The smallest absolute Gasteiger partial charge is 0.397 e. The molecule has 0 spiro atoms. The molecule has 0 atom stereocenters. The fraction of sp³-hybridized carbons (Fsp3) is 0.296. The lowest BCUT2D eigenvalue weighted by Gasteiger charge is -2.22. The summed E-state index contributed by atoms with van der Waals surface area (Å²) in [6, 6.07) is 16.4. The summed E-state index contributed by atoms with van der Waals surface area (Å²) in [4.78, 5) is 25.2. The van der Waals surface area contributed by atoms with Crippen LogP contribution >= 0.6 is 11.3 Å². The number of hydrogen-bond acceptors (Lipinski definition) is 9. The quantitative estimate of drug-likeness (QED) is 0.101. The van der Waals surface area contributed by atoms with Gasteiger partial charge < -0.3 is 9.59 Å². The summed E-state index contributed by atoms with van der Waals surface area (Å²) in [7, 11) is 4.12. The number of Topliss-reactive ketones (excluding diaryl/α,β-unsaturated/α-hetero) is 1. The molecule has 14 heteroatoms. The first-order valence-electron chi connectivity index (χ1n) is 12.4. The minimum Gasteiger partial charge on any atom is -0.494 e. The van der Waals surface area contributed by atoms with Gasteiger partial charge in [-0.25, -0.2) is 0 Å². The first-order valence-corrected chi connectivity index (χ1v) is 14.6. The van der Waals surface area contributed by atoms with Gasteiger partial charge in [-0.3, -0.25) is 22.9 Å². The second-order valence-electron chi connectivity index (χ2n) is 9.96. The first-order chi connectivity index (χ1) is 19.1. The van der Waals surface area contributed by atoms with Gasteiger partial charge in [0.25, 0.3) is 10.6 Å². The van der Waals surface area contributed by atoms with Crippen molar-refractivity contribution in [2.45, 2.75) is 13.5 Å². The van der Waals surface area contributed by atoms with Gasteiger partial charge >= 0.3 is 10.4 Å². The Bertz CT molecular complexity index is 1750. The van der Waals surface area contributed by atoms with Crippen LogP contribution in [0.3, 0.4) is 0 Å². The molecular weight excluding hydrogens is 570 g/mol. The number of hydrogen-bond donors (Lipinski definition) is 2. The number of thiazole rings is 1. The van der Waals surface area contributed by atoms with E-state index in [1.807, 2.05) is 52.3 Å². The average molecular weight is 604 g/mol. The number of benzene rings is 2. The maximum Gasteiger partial charge on any atom is 0.397 e. The number of aromatic nitrogens is 2. The van der Waals surface area contributed by atoms with E-state index in [0.717, 1.165) is 22.3 Å². The van der Waals surface area contributed by atoms with E-state index in [9.17, 15) is 23.1 Å². The number of aromatic hydroxyl groups is 1. The summed E-state index contributed by atoms with van der Waals surface area (Å²) in [6.45, 7) is 3.14. The molecule has 4 aromatic rings. The van der Waals surface area contributed by atoms with E-state index >= 15 is 0 Å². The fourth-order valence-electron chi connectivity index (χ4n) is 3.84. The SMILES string of the molecule is CC[n+]1c(-c2cc(/N=N/c3ccc(C(=O)C[N+](C)(C)C)cc3)c(=O)n(C)c2O)sc2ccccc21.COS(=O)(=O)O. The van der Waals surface area contributed by atoms with E-state index in [1.54, 1.807) is 41.7 Å². The van der Waals surface area contributed by atoms with Crippen LogP contribution in [0.1, 0.15) is 17.3 Å². The van der Waals surface area contributed by atoms with Crippen molar-refractivity contribution in [1.82, 2.24) is 4.57 Å². The molecule has 41 heavy (non-hydrogen) atoms. The van der Waals surface area contributed by atoms with E-state index < -0.39 is 16.0 Å². The number of pyridine rings is 1. The number of likely N-dealkylation sites (N-methyl/N-ethyl adjacent to an activating group) is 1. The number of quaternary nitrogens is 1. The standard InChI is InChI=1S/C26H28N5O3S.CH4O4S/c1-6-30-21-9-7-8-10-23(21)35-26(30)19-15-20(25(34)29(2)24(19)33)28-27-18-13-11-17(12-14-18)22(32)16-31(3,4)5;1-5-6(2,3)4/h7-15H,6,16H2,1-5H3;1H3,(H,2,3,4)/q+1;/p+1/b28-27+;. The molecule has 2 aromatic carbocycles. The molecule has 0 saturated carbocycles. The van der Waals surface area contributed by atoms with Crippen LogP contribution in [0.2, 0.25) is 0 Å². The van der Waals surface area contributed by atoms with Crippen molar-refractivity contribution in [2.75, 3.05) is 34.8 Å². The zero-order chi connectivity index (χ0) is 30.5. The topological polar surface area (TPSA) is 152 Å². The highest BCUT2D eigenvalue weighted by atomic mass is 32.3. The molecule has 2 N–H and O–H groups in total. The molecule has 12 nitrogen and oxygen atoms in total. The van der Waals surface area contributed by atoms with Crippen LogP contribution in [0.15, 0.2) is 69.6 Å².